The Kier molecular flexibility index (Phi) is 7.63. The minimum absolute atomic E-state index is 0.125. The molecule has 0 unspecified atom stereocenters. The molecule has 186 valence electrons. The first-order valence-electron chi connectivity index (χ1n) is 11.3. The fourth-order valence-electron chi connectivity index (χ4n) is 3.74. The van der Waals surface area contributed by atoms with Crippen molar-refractivity contribution in [3.8, 4) is 0 Å². The Morgan fingerprint density at radius 2 is 2.00 bits per heavy atom. The van der Waals surface area contributed by atoms with Gasteiger partial charge in [0.2, 0.25) is 5.78 Å². The van der Waals surface area contributed by atoms with Crippen molar-refractivity contribution in [2.45, 2.75) is 31.2 Å². The second-order valence-corrected chi connectivity index (χ2v) is 9.73. The molecule has 2 heterocycles. The third-order valence-electron chi connectivity index (χ3n) is 6.16. The zero-order valence-corrected chi connectivity index (χ0v) is 20.5. The summed E-state index contributed by atoms with van der Waals surface area (Å²) in [5.74, 6) is -0.771. The number of amides is 2. The summed E-state index contributed by atoms with van der Waals surface area (Å²) in [6.07, 6.45) is 4.43. The predicted molar refractivity (Wildman–Crippen MR) is 133 cm³/mol. The highest BCUT2D eigenvalue weighted by molar-refractivity contribution is 9.10. The van der Waals surface area contributed by atoms with E-state index in [-0.39, 0.29) is 27.7 Å². The largest absolute Gasteiger partial charge is 0.368 e. The number of aromatic nitrogens is 1. The number of nitrogens with two attached hydrogens (primary N) is 1. The quantitative estimate of drug-likeness (QED) is 0.203. The first-order chi connectivity index (χ1) is 16.8. The molecule has 6 N–H and O–H groups in total. The summed E-state index contributed by atoms with van der Waals surface area (Å²) >= 11 is 3.07. The predicted octanol–water partition coefficient (Wildman–Crippen LogP) is 3.41. The molecule has 1 aliphatic heterocycles. The van der Waals surface area contributed by atoms with Gasteiger partial charge in [0, 0.05) is 31.1 Å². The fraction of sp³-hybridized carbons (Fsp3) is 0.391. The lowest BCUT2D eigenvalue weighted by Crippen LogP contribution is -2.44. The number of amidine groups is 1. The van der Waals surface area contributed by atoms with Crippen molar-refractivity contribution in [2.24, 2.45) is 16.6 Å². The van der Waals surface area contributed by atoms with Crippen LogP contribution in [0.4, 0.5) is 26.4 Å². The van der Waals surface area contributed by atoms with Crippen molar-refractivity contribution in [2.75, 3.05) is 30.3 Å². The van der Waals surface area contributed by atoms with Gasteiger partial charge in [-0.2, -0.15) is 0 Å². The second kappa shape index (κ2) is 10.7. The smallest absolute Gasteiger partial charge is 0.321 e. The number of likely N-dealkylation sites (tertiary alicyclic amines) is 1. The van der Waals surface area contributed by atoms with E-state index in [0.717, 1.165) is 12.8 Å². The van der Waals surface area contributed by atoms with E-state index < -0.39 is 11.7 Å². The minimum atomic E-state index is -0.457. The molecule has 1 aromatic heterocycles. The van der Waals surface area contributed by atoms with E-state index in [2.05, 4.69) is 36.5 Å². The molecule has 0 atom stereocenters. The fourth-order valence-corrected chi connectivity index (χ4v) is 4.10. The topological polar surface area (TPSA) is 145 Å². The molecule has 12 heteroatoms. The molecule has 2 fully saturated rings. The van der Waals surface area contributed by atoms with Crippen LogP contribution in [0.2, 0.25) is 0 Å². The van der Waals surface area contributed by atoms with Gasteiger partial charge in [0.1, 0.15) is 11.6 Å². The third-order valence-corrected chi connectivity index (χ3v) is 6.77. The van der Waals surface area contributed by atoms with Crippen molar-refractivity contribution < 1.29 is 19.2 Å². The van der Waals surface area contributed by atoms with Crippen LogP contribution in [0, 0.1) is 11.7 Å². The number of piperidine rings is 1. The summed E-state index contributed by atoms with van der Waals surface area (Å²) in [6, 6.07) is 7.30. The van der Waals surface area contributed by atoms with Crippen molar-refractivity contribution in [1.29, 1.82) is 0 Å². The average Bonchev–Trinajstić information content (AvgIpc) is 3.61. The maximum Gasteiger partial charge on any atom is 0.321 e. The Bertz CT molecular complexity index is 1120. The molecule has 0 spiro atoms. The molecule has 1 aliphatic carbocycles. The second-order valence-electron chi connectivity index (χ2n) is 8.87. The van der Waals surface area contributed by atoms with Gasteiger partial charge in [-0.05, 0) is 71.9 Å². The molecule has 4 rings (SSSR count). The van der Waals surface area contributed by atoms with Crippen LogP contribution in [-0.2, 0) is 4.79 Å². The number of ketones is 1. The number of hydrogen-bond donors (Lipinski definition) is 5. The molecule has 1 saturated heterocycles. The van der Waals surface area contributed by atoms with Gasteiger partial charge in [0.05, 0.1) is 22.0 Å². The number of pyridine rings is 1. The molecular formula is C23H27BrFN7O3. The average molecular weight is 548 g/mol. The maximum atomic E-state index is 13.4. The lowest BCUT2D eigenvalue weighted by Gasteiger charge is -2.31. The number of urea groups is 1. The van der Waals surface area contributed by atoms with Crippen LogP contribution in [-0.4, -0.2) is 57.9 Å². The van der Waals surface area contributed by atoms with Gasteiger partial charge >= 0.3 is 6.03 Å². The molecule has 2 aromatic rings. The van der Waals surface area contributed by atoms with E-state index in [1.807, 2.05) is 5.48 Å². The Balaban J connectivity index is 1.27. The Hall–Kier alpha value is -3.09. The lowest BCUT2D eigenvalue weighted by molar-refractivity contribution is -0.118. The number of Topliss-reactive ketones (excluding diaryl/α,β-unsaturated/α-hetero) is 1. The van der Waals surface area contributed by atoms with Gasteiger partial charge in [0.15, 0.2) is 5.84 Å². The number of benzene rings is 1. The van der Waals surface area contributed by atoms with E-state index in [4.69, 9.17) is 5.73 Å². The molecule has 1 aromatic carbocycles. The van der Waals surface area contributed by atoms with Crippen molar-refractivity contribution in [1.82, 2.24) is 15.4 Å². The molecule has 0 bridgehead atoms. The lowest BCUT2D eigenvalue weighted by atomic mass is 9.92. The van der Waals surface area contributed by atoms with Crippen molar-refractivity contribution >= 4 is 50.8 Å². The highest BCUT2D eigenvalue weighted by Crippen LogP contribution is 2.32. The number of nitrogens with zero attached hydrogens (tertiary/aromatic N) is 3. The Morgan fingerprint density at radius 3 is 2.60 bits per heavy atom. The number of hydrogen-bond acceptors (Lipinski definition) is 7. The van der Waals surface area contributed by atoms with Crippen LogP contribution in [0.3, 0.4) is 0 Å². The molecule has 35 heavy (non-hydrogen) atoms. The standard InChI is InChI=1S/C23H27BrFN7O3/c24-17-11-15(1-3-18(17)25)29-21(31-35)20(33)14-5-9-32(10-6-14)22(34)30-16-2-4-19(27-12-16)28-13-23(26)7-8-23/h1-4,11-12,14,35H,5-10,13,26H2,(H,27,28)(H,29,31)(H,30,34). The third kappa shape index (κ3) is 6.53. The number of anilines is 2. The van der Waals surface area contributed by atoms with Gasteiger partial charge < -0.3 is 21.3 Å². The molecular weight excluding hydrogens is 521 g/mol. The van der Waals surface area contributed by atoms with E-state index in [0.29, 0.717) is 49.7 Å². The van der Waals surface area contributed by atoms with Crippen LogP contribution < -0.4 is 21.8 Å². The van der Waals surface area contributed by atoms with E-state index in [1.54, 1.807) is 23.2 Å². The summed E-state index contributed by atoms with van der Waals surface area (Å²) in [4.78, 5) is 35.5. The number of carbonyl (C=O) groups is 2. The summed E-state index contributed by atoms with van der Waals surface area (Å²) in [5.41, 5.74) is 8.66. The van der Waals surface area contributed by atoms with Crippen LogP contribution in [0.5, 0.6) is 0 Å². The highest BCUT2D eigenvalue weighted by Gasteiger charge is 2.37. The van der Waals surface area contributed by atoms with Gasteiger partial charge in [-0.1, -0.05) is 0 Å². The molecule has 10 nitrogen and oxygen atoms in total. The number of rotatable bonds is 7. The SMILES string of the molecule is NC1(CNc2ccc(NC(=O)N3CCC(C(=O)C(=Nc4ccc(F)c(Br)c4)NO)CC3)cn2)CC1. The van der Waals surface area contributed by atoms with E-state index in [9.17, 15) is 19.2 Å². The Morgan fingerprint density at radius 1 is 1.26 bits per heavy atom. The van der Waals surface area contributed by atoms with Crippen LogP contribution >= 0.6 is 15.9 Å². The van der Waals surface area contributed by atoms with Crippen molar-refractivity contribution in [3.63, 3.8) is 0 Å². The Labute approximate surface area is 210 Å². The summed E-state index contributed by atoms with van der Waals surface area (Å²) in [5, 5.41) is 15.5. The summed E-state index contributed by atoms with van der Waals surface area (Å²) < 4.78 is 13.6. The van der Waals surface area contributed by atoms with E-state index in [1.165, 1.54) is 18.2 Å². The van der Waals surface area contributed by atoms with Crippen LogP contribution in [0.1, 0.15) is 25.7 Å². The number of carbonyl (C=O) groups excluding carboxylic acids is 2. The van der Waals surface area contributed by atoms with Gasteiger partial charge in [-0.25, -0.2) is 24.6 Å². The number of halogens is 2. The maximum absolute atomic E-state index is 13.4. The normalized spacial score (nSPS) is 17.6. The van der Waals surface area contributed by atoms with Gasteiger partial charge in [0.25, 0.3) is 0 Å². The first-order valence-corrected chi connectivity index (χ1v) is 12.1. The molecule has 2 amide bonds. The zero-order chi connectivity index (χ0) is 25.0. The molecule has 0 radical (unpaired) electrons. The summed E-state index contributed by atoms with van der Waals surface area (Å²) in [6.45, 7) is 1.41. The minimum Gasteiger partial charge on any atom is -0.368 e. The van der Waals surface area contributed by atoms with Gasteiger partial charge in [-0.15, -0.1) is 0 Å². The van der Waals surface area contributed by atoms with Crippen LogP contribution in [0.25, 0.3) is 0 Å². The number of nitrogens with one attached hydrogen (secondary N) is 3. The highest BCUT2D eigenvalue weighted by atomic mass is 79.9. The summed E-state index contributed by atoms with van der Waals surface area (Å²) in [7, 11) is 0. The van der Waals surface area contributed by atoms with Gasteiger partial charge in [-0.3, -0.25) is 10.0 Å². The number of hydroxylamine groups is 1. The molecule has 1 saturated carbocycles. The number of aliphatic imine (C=N–C) groups is 1. The van der Waals surface area contributed by atoms with Crippen LogP contribution in [0.15, 0.2) is 46.0 Å². The van der Waals surface area contributed by atoms with Crippen molar-refractivity contribution in [3.05, 3.63) is 46.8 Å². The first kappa shape index (κ1) is 25.0. The van der Waals surface area contributed by atoms with E-state index >= 15 is 0 Å². The monoisotopic (exact) mass is 547 g/mol. The zero-order valence-electron chi connectivity index (χ0n) is 18.9. The molecule has 2 aliphatic rings.